The van der Waals surface area contributed by atoms with E-state index in [4.69, 9.17) is 17.0 Å². The summed E-state index contributed by atoms with van der Waals surface area (Å²) >= 11 is 4.98. The van der Waals surface area contributed by atoms with Crippen LogP contribution in [0.2, 0.25) is 0 Å². The summed E-state index contributed by atoms with van der Waals surface area (Å²) in [5.74, 6) is -0.413. The number of nitrogens with zero attached hydrogens (tertiary/aromatic N) is 1. The van der Waals surface area contributed by atoms with E-state index in [9.17, 15) is 4.79 Å². The molecule has 0 unspecified atom stereocenters. The Hall–Kier alpha value is -1.23. The molecule has 0 saturated heterocycles. The van der Waals surface area contributed by atoms with Gasteiger partial charge in [-0.1, -0.05) is 12.2 Å². The molecule has 1 rings (SSSR count). The lowest BCUT2D eigenvalue weighted by molar-refractivity contribution is 0.0517. The van der Waals surface area contributed by atoms with E-state index in [1.807, 2.05) is 0 Å². The maximum Gasteiger partial charge on any atom is 0.356 e. The molecule has 5 heteroatoms. The van der Waals surface area contributed by atoms with Crippen LogP contribution in [-0.2, 0) is 4.74 Å². The van der Waals surface area contributed by atoms with Gasteiger partial charge in [0.2, 0.25) is 0 Å². The first-order chi connectivity index (χ1) is 6.56. The Balaban J connectivity index is 3.16. The van der Waals surface area contributed by atoms with Gasteiger partial charge in [-0.15, -0.1) is 0 Å². The predicted molar refractivity (Wildman–Crippen MR) is 54.9 cm³/mol. The third-order valence-electron chi connectivity index (χ3n) is 1.74. The number of esters is 1. The average molecular weight is 212 g/mol. The van der Waals surface area contributed by atoms with Gasteiger partial charge in [0.1, 0.15) is 10.3 Å². The lowest BCUT2D eigenvalue weighted by Gasteiger charge is -2.05. The monoisotopic (exact) mass is 212 g/mol. The standard InChI is InChI=1S/C9H12N2O2S/c1-4-13-9(12)7-5(2)10-6(3)8(14)11-7/h4H2,1-3H3,(H,11,14). The van der Waals surface area contributed by atoms with Crippen molar-refractivity contribution in [1.29, 1.82) is 0 Å². The number of aromatic nitrogens is 2. The highest BCUT2D eigenvalue weighted by atomic mass is 32.1. The van der Waals surface area contributed by atoms with Gasteiger partial charge in [0.25, 0.3) is 0 Å². The minimum atomic E-state index is -0.413. The normalized spacial score (nSPS) is 9.93. The summed E-state index contributed by atoms with van der Waals surface area (Å²) in [7, 11) is 0. The van der Waals surface area contributed by atoms with E-state index in [0.717, 1.165) is 0 Å². The molecule has 0 bridgehead atoms. The molecule has 0 aliphatic carbocycles. The molecule has 4 nitrogen and oxygen atoms in total. The van der Waals surface area contributed by atoms with Crippen molar-refractivity contribution in [3.8, 4) is 0 Å². The fraction of sp³-hybridized carbons (Fsp3) is 0.444. The van der Waals surface area contributed by atoms with Gasteiger partial charge < -0.3 is 9.72 Å². The zero-order valence-corrected chi connectivity index (χ0v) is 9.20. The van der Waals surface area contributed by atoms with Crippen molar-refractivity contribution >= 4 is 18.2 Å². The van der Waals surface area contributed by atoms with Crippen LogP contribution in [0.25, 0.3) is 0 Å². The summed E-state index contributed by atoms with van der Waals surface area (Å²) in [5.41, 5.74) is 1.66. The second-order valence-electron chi connectivity index (χ2n) is 2.83. The third kappa shape index (κ3) is 2.17. The Labute approximate surface area is 87.3 Å². The van der Waals surface area contributed by atoms with E-state index in [-0.39, 0.29) is 0 Å². The lowest BCUT2D eigenvalue weighted by Crippen LogP contribution is -2.11. The van der Waals surface area contributed by atoms with Crippen LogP contribution in [0.4, 0.5) is 0 Å². The molecule has 14 heavy (non-hydrogen) atoms. The van der Waals surface area contributed by atoms with E-state index < -0.39 is 5.97 Å². The van der Waals surface area contributed by atoms with Gasteiger partial charge in [-0.25, -0.2) is 4.79 Å². The van der Waals surface area contributed by atoms with Crippen molar-refractivity contribution in [2.24, 2.45) is 0 Å². The molecular formula is C9H12N2O2S. The molecule has 0 radical (unpaired) electrons. The molecule has 0 aliphatic rings. The van der Waals surface area contributed by atoms with E-state index in [1.165, 1.54) is 0 Å². The summed E-state index contributed by atoms with van der Waals surface area (Å²) in [6, 6.07) is 0. The van der Waals surface area contributed by atoms with E-state index >= 15 is 0 Å². The molecule has 1 aromatic heterocycles. The Bertz CT molecular complexity index is 412. The number of aromatic amines is 1. The van der Waals surface area contributed by atoms with Crippen molar-refractivity contribution in [3.05, 3.63) is 21.7 Å². The Morgan fingerprint density at radius 1 is 1.50 bits per heavy atom. The van der Waals surface area contributed by atoms with Gasteiger partial charge in [-0.3, -0.25) is 4.98 Å². The maximum atomic E-state index is 11.4. The molecule has 1 N–H and O–H groups in total. The second-order valence-corrected chi connectivity index (χ2v) is 3.24. The lowest BCUT2D eigenvalue weighted by atomic mass is 10.3. The zero-order valence-electron chi connectivity index (χ0n) is 8.38. The van der Waals surface area contributed by atoms with Crippen LogP contribution in [0.5, 0.6) is 0 Å². The highest BCUT2D eigenvalue weighted by Gasteiger charge is 2.12. The molecular weight excluding hydrogens is 200 g/mol. The fourth-order valence-corrected chi connectivity index (χ4v) is 1.20. The van der Waals surface area contributed by atoms with Crippen molar-refractivity contribution in [2.45, 2.75) is 20.8 Å². The first-order valence-corrected chi connectivity index (χ1v) is 4.71. The number of rotatable bonds is 2. The summed E-state index contributed by atoms with van der Waals surface area (Å²) < 4.78 is 5.32. The topological polar surface area (TPSA) is 55.0 Å². The van der Waals surface area contributed by atoms with Gasteiger partial charge in [0.15, 0.2) is 0 Å². The van der Waals surface area contributed by atoms with Crippen LogP contribution in [0, 0.1) is 18.5 Å². The number of carbonyl (C=O) groups excluding carboxylic acids is 1. The van der Waals surface area contributed by atoms with Crippen LogP contribution in [0.15, 0.2) is 0 Å². The average Bonchev–Trinajstić information content (AvgIpc) is 2.11. The molecule has 0 fully saturated rings. The van der Waals surface area contributed by atoms with Crippen LogP contribution < -0.4 is 0 Å². The SMILES string of the molecule is CCOC(=O)c1[nH]c(=S)c(C)nc1C. The van der Waals surface area contributed by atoms with Crippen LogP contribution in [0.1, 0.15) is 28.8 Å². The van der Waals surface area contributed by atoms with Crippen LogP contribution >= 0.6 is 12.2 Å². The fourth-order valence-electron chi connectivity index (χ4n) is 1.05. The molecule has 0 amide bonds. The number of ether oxygens (including phenoxy) is 1. The molecule has 76 valence electrons. The Morgan fingerprint density at radius 3 is 2.71 bits per heavy atom. The van der Waals surface area contributed by atoms with Gasteiger partial charge in [0.05, 0.1) is 18.0 Å². The van der Waals surface area contributed by atoms with Crippen LogP contribution in [-0.4, -0.2) is 22.5 Å². The van der Waals surface area contributed by atoms with Gasteiger partial charge in [-0.05, 0) is 20.8 Å². The molecule has 0 aromatic carbocycles. The third-order valence-corrected chi connectivity index (χ3v) is 2.14. The molecule has 0 atom stereocenters. The highest BCUT2D eigenvalue weighted by molar-refractivity contribution is 7.71. The van der Waals surface area contributed by atoms with Crippen molar-refractivity contribution in [2.75, 3.05) is 6.61 Å². The number of nitrogens with one attached hydrogen (secondary N) is 1. The quantitative estimate of drug-likeness (QED) is 0.601. The number of H-pyrrole nitrogens is 1. The first-order valence-electron chi connectivity index (χ1n) is 4.31. The van der Waals surface area contributed by atoms with Crippen molar-refractivity contribution < 1.29 is 9.53 Å². The van der Waals surface area contributed by atoms with E-state index in [1.54, 1.807) is 20.8 Å². The first kappa shape index (κ1) is 10.8. The molecule has 0 aliphatic heterocycles. The Morgan fingerprint density at radius 2 is 2.14 bits per heavy atom. The second kappa shape index (κ2) is 4.32. The molecule has 1 heterocycles. The number of carbonyl (C=O) groups is 1. The van der Waals surface area contributed by atoms with Gasteiger partial charge in [0, 0.05) is 0 Å². The summed E-state index contributed by atoms with van der Waals surface area (Å²) in [5, 5.41) is 0. The number of hydrogen-bond donors (Lipinski definition) is 1. The van der Waals surface area contributed by atoms with Gasteiger partial charge in [-0.2, -0.15) is 0 Å². The summed E-state index contributed by atoms with van der Waals surface area (Å²) in [4.78, 5) is 18.3. The van der Waals surface area contributed by atoms with Crippen molar-refractivity contribution in [1.82, 2.24) is 9.97 Å². The van der Waals surface area contributed by atoms with Crippen molar-refractivity contribution in [3.63, 3.8) is 0 Å². The van der Waals surface area contributed by atoms with E-state index in [2.05, 4.69) is 9.97 Å². The zero-order chi connectivity index (χ0) is 10.7. The minimum absolute atomic E-state index is 0.336. The largest absolute Gasteiger partial charge is 0.461 e. The number of hydrogen-bond acceptors (Lipinski definition) is 4. The van der Waals surface area contributed by atoms with Crippen LogP contribution in [0.3, 0.4) is 0 Å². The smallest absolute Gasteiger partial charge is 0.356 e. The summed E-state index contributed by atoms with van der Waals surface area (Å²) in [6.07, 6.45) is 0. The maximum absolute atomic E-state index is 11.4. The highest BCUT2D eigenvalue weighted by Crippen LogP contribution is 2.05. The molecule has 0 spiro atoms. The predicted octanol–water partition coefficient (Wildman–Crippen LogP) is 1.93. The molecule has 0 saturated carbocycles. The summed E-state index contributed by atoms with van der Waals surface area (Å²) in [6.45, 7) is 5.63. The number of aryl methyl sites for hydroxylation is 2. The van der Waals surface area contributed by atoms with Gasteiger partial charge >= 0.3 is 5.97 Å². The minimum Gasteiger partial charge on any atom is -0.461 e. The molecule has 1 aromatic rings. The van der Waals surface area contributed by atoms with E-state index in [0.29, 0.717) is 28.3 Å². The Kier molecular flexibility index (Phi) is 3.35.